The highest BCUT2D eigenvalue weighted by molar-refractivity contribution is 5.70. The van der Waals surface area contributed by atoms with Gasteiger partial charge < -0.3 is 15.5 Å². The lowest BCUT2D eigenvalue weighted by Gasteiger charge is -2.17. The molecule has 0 aliphatic rings. The fraction of sp³-hybridized carbons (Fsp3) is 0.889. The van der Waals surface area contributed by atoms with Crippen LogP contribution in [0.15, 0.2) is 0 Å². The van der Waals surface area contributed by atoms with Gasteiger partial charge in [-0.1, -0.05) is 6.92 Å². The monoisotopic (exact) mass is 189 g/mol. The molecule has 2 unspecified atom stereocenters. The van der Waals surface area contributed by atoms with E-state index in [-0.39, 0.29) is 18.6 Å². The van der Waals surface area contributed by atoms with E-state index in [1.54, 1.807) is 6.92 Å². The van der Waals surface area contributed by atoms with Gasteiger partial charge in [-0.15, -0.1) is 0 Å². The highest BCUT2D eigenvalue weighted by atomic mass is 16.4. The van der Waals surface area contributed by atoms with Gasteiger partial charge in [0.1, 0.15) is 0 Å². The Kier molecular flexibility index (Phi) is 6.54. The second-order valence-electron chi connectivity index (χ2n) is 3.30. The van der Waals surface area contributed by atoms with Gasteiger partial charge in [0.25, 0.3) is 0 Å². The van der Waals surface area contributed by atoms with Gasteiger partial charge in [-0.25, -0.2) is 0 Å². The molecule has 0 rings (SSSR count). The first-order valence-electron chi connectivity index (χ1n) is 4.66. The smallest absolute Gasteiger partial charge is 0.307 e. The Bertz CT molecular complexity index is 150. The summed E-state index contributed by atoms with van der Waals surface area (Å²) in [6.45, 7) is 4.51. The van der Waals surface area contributed by atoms with Crippen LogP contribution in [0.4, 0.5) is 0 Å². The summed E-state index contributed by atoms with van der Waals surface area (Å²) in [7, 11) is 0. The lowest BCUT2D eigenvalue weighted by atomic mass is 10.0. The summed E-state index contributed by atoms with van der Waals surface area (Å²) in [5.74, 6) is -1.14. The second kappa shape index (κ2) is 6.86. The summed E-state index contributed by atoms with van der Waals surface area (Å²) < 4.78 is 0. The molecule has 0 aromatic heterocycles. The molecule has 0 fully saturated rings. The van der Waals surface area contributed by atoms with Gasteiger partial charge in [0.05, 0.1) is 5.92 Å². The van der Waals surface area contributed by atoms with Crippen LogP contribution in [0.25, 0.3) is 0 Å². The molecule has 4 heteroatoms. The van der Waals surface area contributed by atoms with Crippen molar-refractivity contribution < 1.29 is 15.0 Å². The van der Waals surface area contributed by atoms with E-state index >= 15 is 0 Å². The fourth-order valence-electron chi connectivity index (χ4n) is 0.957. The zero-order chi connectivity index (χ0) is 10.3. The van der Waals surface area contributed by atoms with Crippen molar-refractivity contribution in [2.75, 3.05) is 13.2 Å². The van der Waals surface area contributed by atoms with Gasteiger partial charge >= 0.3 is 5.97 Å². The van der Waals surface area contributed by atoms with Gasteiger partial charge in [-0.2, -0.15) is 0 Å². The van der Waals surface area contributed by atoms with E-state index in [0.717, 1.165) is 19.4 Å². The second-order valence-corrected chi connectivity index (χ2v) is 3.30. The van der Waals surface area contributed by atoms with E-state index < -0.39 is 5.97 Å². The minimum absolute atomic E-state index is 0.0174. The van der Waals surface area contributed by atoms with E-state index in [9.17, 15) is 4.79 Å². The van der Waals surface area contributed by atoms with Crippen LogP contribution in [-0.4, -0.2) is 35.4 Å². The molecule has 0 heterocycles. The fourth-order valence-corrected chi connectivity index (χ4v) is 0.957. The van der Waals surface area contributed by atoms with Gasteiger partial charge in [-0.05, 0) is 26.3 Å². The number of hydrogen-bond donors (Lipinski definition) is 3. The van der Waals surface area contributed by atoms with Crippen molar-refractivity contribution in [1.29, 1.82) is 0 Å². The van der Waals surface area contributed by atoms with Crippen LogP contribution in [0.1, 0.15) is 26.7 Å². The van der Waals surface area contributed by atoms with E-state index in [4.69, 9.17) is 10.2 Å². The molecule has 0 saturated heterocycles. The Morgan fingerprint density at radius 1 is 1.38 bits per heavy atom. The van der Waals surface area contributed by atoms with Crippen molar-refractivity contribution in [3.63, 3.8) is 0 Å². The van der Waals surface area contributed by atoms with Crippen LogP contribution in [0.5, 0.6) is 0 Å². The van der Waals surface area contributed by atoms with Crippen LogP contribution in [0, 0.1) is 5.92 Å². The number of rotatable bonds is 7. The molecule has 0 aliphatic heterocycles. The molecule has 4 nitrogen and oxygen atoms in total. The van der Waals surface area contributed by atoms with Gasteiger partial charge in [-0.3, -0.25) is 4.79 Å². The predicted molar refractivity (Wildman–Crippen MR) is 50.6 cm³/mol. The minimum atomic E-state index is -0.776. The van der Waals surface area contributed by atoms with Crippen molar-refractivity contribution in [1.82, 2.24) is 5.32 Å². The van der Waals surface area contributed by atoms with Crippen LogP contribution < -0.4 is 5.32 Å². The molecule has 0 aromatic rings. The molecule has 3 N–H and O–H groups in total. The Labute approximate surface area is 79.0 Å². The maximum Gasteiger partial charge on any atom is 0.307 e. The highest BCUT2D eigenvalue weighted by Gasteiger charge is 2.17. The molecular weight excluding hydrogens is 170 g/mol. The standard InChI is InChI=1S/C9H19NO3/c1-7(9(12)13)8(2)10-5-3-4-6-11/h7-8,10-11H,3-6H2,1-2H3,(H,12,13). The Hall–Kier alpha value is -0.610. The van der Waals surface area contributed by atoms with Crippen molar-refractivity contribution in [3.8, 4) is 0 Å². The Morgan fingerprint density at radius 2 is 2.00 bits per heavy atom. The molecule has 13 heavy (non-hydrogen) atoms. The summed E-state index contributed by atoms with van der Waals surface area (Å²) in [6, 6.07) is -0.0174. The zero-order valence-corrected chi connectivity index (χ0v) is 8.29. The quantitative estimate of drug-likeness (QED) is 0.509. The summed E-state index contributed by atoms with van der Waals surface area (Å²) in [5.41, 5.74) is 0. The highest BCUT2D eigenvalue weighted by Crippen LogP contribution is 2.02. The SMILES string of the molecule is CC(NCCCCO)C(C)C(=O)O. The molecule has 0 saturated carbocycles. The van der Waals surface area contributed by atoms with Crippen LogP contribution in [-0.2, 0) is 4.79 Å². The Morgan fingerprint density at radius 3 is 2.46 bits per heavy atom. The van der Waals surface area contributed by atoms with Crippen LogP contribution >= 0.6 is 0 Å². The minimum Gasteiger partial charge on any atom is -0.481 e. The Balaban J connectivity index is 3.50. The predicted octanol–water partition coefficient (Wildman–Crippen LogP) is 0.458. The number of carbonyl (C=O) groups is 1. The van der Waals surface area contributed by atoms with Gasteiger partial charge in [0.2, 0.25) is 0 Å². The third-order valence-electron chi connectivity index (χ3n) is 2.19. The largest absolute Gasteiger partial charge is 0.481 e. The van der Waals surface area contributed by atoms with Crippen molar-refractivity contribution in [2.24, 2.45) is 5.92 Å². The number of nitrogens with one attached hydrogen (secondary N) is 1. The van der Waals surface area contributed by atoms with E-state index in [0.29, 0.717) is 0 Å². The van der Waals surface area contributed by atoms with Crippen LogP contribution in [0.3, 0.4) is 0 Å². The zero-order valence-electron chi connectivity index (χ0n) is 8.29. The number of carboxylic acid groups (broad SMARTS) is 1. The topological polar surface area (TPSA) is 69.6 Å². The molecule has 78 valence electrons. The molecule has 0 aliphatic carbocycles. The lowest BCUT2D eigenvalue weighted by molar-refractivity contribution is -0.141. The lowest BCUT2D eigenvalue weighted by Crippen LogP contribution is -2.36. The van der Waals surface area contributed by atoms with Crippen molar-refractivity contribution in [3.05, 3.63) is 0 Å². The number of aliphatic hydroxyl groups is 1. The number of aliphatic carboxylic acids is 1. The van der Waals surface area contributed by atoms with Gasteiger partial charge in [0, 0.05) is 12.6 Å². The summed E-state index contributed by atoms with van der Waals surface area (Å²) in [5, 5.41) is 20.3. The first kappa shape index (κ1) is 12.4. The molecule has 0 radical (unpaired) electrons. The molecular formula is C9H19NO3. The van der Waals surface area contributed by atoms with E-state index in [1.807, 2.05) is 6.92 Å². The van der Waals surface area contributed by atoms with E-state index in [2.05, 4.69) is 5.32 Å². The molecule has 2 atom stereocenters. The molecule has 0 bridgehead atoms. The summed E-state index contributed by atoms with van der Waals surface area (Å²) in [6.07, 6.45) is 1.65. The van der Waals surface area contributed by atoms with E-state index in [1.165, 1.54) is 0 Å². The normalized spacial score (nSPS) is 15.3. The number of hydrogen-bond acceptors (Lipinski definition) is 3. The first-order chi connectivity index (χ1) is 6.09. The third kappa shape index (κ3) is 5.60. The molecule has 0 amide bonds. The third-order valence-corrected chi connectivity index (χ3v) is 2.19. The molecule has 0 spiro atoms. The average Bonchev–Trinajstić information content (AvgIpc) is 2.10. The number of unbranched alkanes of at least 4 members (excludes halogenated alkanes) is 1. The maximum atomic E-state index is 10.5. The number of aliphatic hydroxyl groups excluding tert-OH is 1. The van der Waals surface area contributed by atoms with Crippen molar-refractivity contribution in [2.45, 2.75) is 32.7 Å². The average molecular weight is 189 g/mol. The van der Waals surface area contributed by atoms with Crippen molar-refractivity contribution >= 4 is 5.97 Å². The molecule has 0 aromatic carbocycles. The van der Waals surface area contributed by atoms with Gasteiger partial charge in [0.15, 0.2) is 0 Å². The number of carboxylic acids is 1. The summed E-state index contributed by atoms with van der Waals surface area (Å²) in [4.78, 5) is 10.5. The summed E-state index contributed by atoms with van der Waals surface area (Å²) >= 11 is 0. The maximum absolute atomic E-state index is 10.5. The first-order valence-corrected chi connectivity index (χ1v) is 4.66. The van der Waals surface area contributed by atoms with Crippen LogP contribution in [0.2, 0.25) is 0 Å².